The molecule has 3 aromatic carbocycles. The Bertz CT molecular complexity index is 808. The lowest BCUT2D eigenvalue weighted by Crippen LogP contribution is -2.05. The highest BCUT2D eigenvalue weighted by atomic mass is 16.6. The van der Waals surface area contributed by atoms with Crippen LogP contribution in [-0.4, -0.2) is 19.3 Å². The van der Waals surface area contributed by atoms with E-state index >= 15 is 0 Å². The lowest BCUT2D eigenvalue weighted by molar-refractivity contribution is 0.262. The zero-order chi connectivity index (χ0) is 16.9. The van der Waals surface area contributed by atoms with Gasteiger partial charge in [0.05, 0.1) is 6.61 Å². The van der Waals surface area contributed by atoms with E-state index in [0.717, 1.165) is 17.9 Å². The maximum absolute atomic E-state index is 5.96. The quantitative estimate of drug-likeness (QED) is 0.466. The molecule has 0 radical (unpaired) electrons. The minimum absolute atomic E-state index is 0.250. The van der Waals surface area contributed by atoms with E-state index in [2.05, 4.69) is 60.7 Å². The molecule has 124 valence electrons. The second-order valence-electron chi connectivity index (χ2n) is 6.09. The van der Waals surface area contributed by atoms with Gasteiger partial charge in [0.2, 0.25) is 0 Å². The Morgan fingerprint density at radius 1 is 0.840 bits per heavy atom. The molecule has 1 unspecified atom stereocenters. The summed E-state index contributed by atoms with van der Waals surface area (Å²) in [6.45, 7) is 1.41. The highest BCUT2D eigenvalue weighted by Gasteiger charge is 2.23. The molecular formula is C23H20O2. The van der Waals surface area contributed by atoms with Crippen LogP contribution in [0, 0.1) is 0 Å². The molecule has 1 atom stereocenters. The molecule has 1 aliphatic heterocycles. The number of benzene rings is 3. The third-order valence-corrected chi connectivity index (χ3v) is 4.22. The summed E-state index contributed by atoms with van der Waals surface area (Å²) in [4.78, 5) is 0. The molecule has 2 heteroatoms. The van der Waals surface area contributed by atoms with E-state index in [4.69, 9.17) is 9.47 Å². The zero-order valence-corrected chi connectivity index (χ0v) is 14.0. The van der Waals surface area contributed by atoms with Gasteiger partial charge in [-0.15, -0.1) is 0 Å². The molecule has 0 aliphatic carbocycles. The fraction of sp³-hybridized carbons (Fsp3) is 0.130. The maximum atomic E-state index is 5.96. The van der Waals surface area contributed by atoms with Gasteiger partial charge < -0.3 is 9.47 Å². The first-order valence-corrected chi connectivity index (χ1v) is 8.56. The molecule has 0 aromatic heterocycles. The van der Waals surface area contributed by atoms with Crippen LogP contribution in [0.15, 0.2) is 84.9 Å². The van der Waals surface area contributed by atoms with E-state index in [-0.39, 0.29) is 6.10 Å². The molecule has 4 rings (SSSR count). The van der Waals surface area contributed by atoms with Gasteiger partial charge in [0.25, 0.3) is 0 Å². The molecular weight excluding hydrogens is 308 g/mol. The maximum Gasteiger partial charge on any atom is 0.126 e. The molecule has 1 aliphatic rings. The topological polar surface area (TPSA) is 21.8 Å². The molecule has 0 saturated carbocycles. The average molecular weight is 328 g/mol. The summed E-state index contributed by atoms with van der Waals surface area (Å²) >= 11 is 0. The van der Waals surface area contributed by atoms with E-state index in [9.17, 15) is 0 Å². The van der Waals surface area contributed by atoms with E-state index in [1.54, 1.807) is 0 Å². The molecule has 0 bridgehead atoms. The largest absolute Gasteiger partial charge is 0.490 e. The van der Waals surface area contributed by atoms with Crippen molar-refractivity contribution < 1.29 is 9.47 Å². The molecule has 25 heavy (non-hydrogen) atoms. The van der Waals surface area contributed by atoms with Crippen LogP contribution in [0.4, 0.5) is 0 Å². The van der Waals surface area contributed by atoms with E-state index in [1.165, 1.54) is 16.7 Å². The summed E-state index contributed by atoms with van der Waals surface area (Å²) in [6, 6.07) is 29.1. The van der Waals surface area contributed by atoms with Gasteiger partial charge in [-0.05, 0) is 28.8 Å². The molecule has 2 nitrogen and oxygen atoms in total. The molecule has 3 aromatic rings. The van der Waals surface area contributed by atoms with Crippen molar-refractivity contribution in [1.29, 1.82) is 0 Å². The highest BCUT2D eigenvalue weighted by molar-refractivity contribution is 5.92. The zero-order valence-electron chi connectivity index (χ0n) is 14.0. The van der Waals surface area contributed by atoms with Crippen LogP contribution >= 0.6 is 0 Å². The van der Waals surface area contributed by atoms with Gasteiger partial charge in [0.1, 0.15) is 18.5 Å². The summed E-state index contributed by atoms with van der Waals surface area (Å²) in [6.07, 6.45) is 2.45. The lowest BCUT2D eigenvalue weighted by Gasteiger charge is -2.12. The molecule has 0 N–H and O–H groups in total. The van der Waals surface area contributed by atoms with E-state index in [0.29, 0.717) is 6.61 Å². The third-order valence-electron chi connectivity index (χ3n) is 4.22. The van der Waals surface area contributed by atoms with Crippen LogP contribution in [0.2, 0.25) is 0 Å². The Morgan fingerprint density at radius 3 is 2.00 bits per heavy atom. The standard InChI is InChI=1S/C23H20O2/c1-3-9-18(10-4-1)22(19-11-5-2-6-12-19)15-20-13-7-8-14-23(20)25-17-21-16-24-21/h1-15,21H,16-17H2. The van der Waals surface area contributed by atoms with Crippen molar-refractivity contribution in [2.45, 2.75) is 6.10 Å². The number of hydrogen-bond donors (Lipinski definition) is 0. The van der Waals surface area contributed by atoms with Gasteiger partial charge in [-0.1, -0.05) is 78.9 Å². The van der Waals surface area contributed by atoms with Crippen molar-refractivity contribution in [2.75, 3.05) is 13.2 Å². The van der Waals surface area contributed by atoms with Gasteiger partial charge in [-0.25, -0.2) is 0 Å². The minimum atomic E-state index is 0.250. The Labute approximate surface area is 148 Å². The smallest absolute Gasteiger partial charge is 0.126 e. The number of ether oxygens (including phenoxy) is 2. The Balaban J connectivity index is 1.74. The van der Waals surface area contributed by atoms with Crippen LogP contribution in [-0.2, 0) is 4.74 Å². The van der Waals surface area contributed by atoms with Gasteiger partial charge in [0.15, 0.2) is 0 Å². The second kappa shape index (κ2) is 7.37. The highest BCUT2D eigenvalue weighted by Crippen LogP contribution is 2.29. The summed E-state index contributed by atoms with van der Waals surface area (Å²) in [7, 11) is 0. The number of epoxide rings is 1. The first-order chi connectivity index (χ1) is 12.4. The van der Waals surface area contributed by atoms with Gasteiger partial charge >= 0.3 is 0 Å². The van der Waals surface area contributed by atoms with Gasteiger partial charge in [-0.2, -0.15) is 0 Å². The summed E-state index contributed by atoms with van der Waals surface area (Å²) in [5.41, 5.74) is 4.63. The Kier molecular flexibility index (Phi) is 4.62. The van der Waals surface area contributed by atoms with Crippen LogP contribution in [0.3, 0.4) is 0 Å². The van der Waals surface area contributed by atoms with Crippen LogP contribution in [0.25, 0.3) is 11.6 Å². The third kappa shape index (κ3) is 3.98. The predicted molar refractivity (Wildman–Crippen MR) is 102 cm³/mol. The lowest BCUT2D eigenvalue weighted by atomic mass is 9.95. The van der Waals surface area contributed by atoms with Crippen molar-refractivity contribution in [3.8, 4) is 5.75 Å². The number of para-hydroxylation sites is 1. The second-order valence-corrected chi connectivity index (χ2v) is 6.09. The fourth-order valence-electron chi connectivity index (χ4n) is 2.80. The van der Waals surface area contributed by atoms with Gasteiger partial charge in [-0.3, -0.25) is 0 Å². The number of rotatable bonds is 6. The van der Waals surface area contributed by atoms with Crippen LogP contribution < -0.4 is 4.74 Å². The minimum Gasteiger partial charge on any atom is -0.490 e. The number of hydrogen-bond acceptors (Lipinski definition) is 2. The van der Waals surface area contributed by atoms with Crippen molar-refractivity contribution in [3.05, 3.63) is 102 Å². The summed E-state index contributed by atoms with van der Waals surface area (Å²) < 4.78 is 11.2. The van der Waals surface area contributed by atoms with Crippen molar-refractivity contribution in [1.82, 2.24) is 0 Å². The molecule has 0 amide bonds. The normalized spacial score (nSPS) is 15.4. The predicted octanol–water partition coefficient (Wildman–Crippen LogP) is 5.05. The SMILES string of the molecule is C(=C(c1ccccc1)c1ccccc1)c1ccccc1OCC1CO1. The summed E-state index contributed by atoms with van der Waals surface area (Å²) in [5.74, 6) is 0.891. The molecule has 1 saturated heterocycles. The van der Waals surface area contributed by atoms with Crippen molar-refractivity contribution in [3.63, 3.8) is 0 Å². The van der Waals surface area contributed by atoms with E-state index < -0.39 is 0 Å². The molecule has 1 heterocycles. The van der Waals surface area contributed by atoms with Crippen molar-refractivity contribution in [2.24, 2.45) is 0 Å². The van der Waals surface area contributed by atoms with Crippen LogP contribution in [0.1, 0.15) is 16.7 Å². The monoisotopic (exact) mass is 328 g/mol. The molecule has 0 spiro atoms. The van der Waals surface area contributed by atoms with Crippen molar-refractivity contribution >= 4 is 11.6 Å². The first-order valence-electron chi connectivity index (χ1n) is 8.56. The molecule has 1 fully saturated rings. The summed E-state index contributed by atoms with van der Waals surface area (Å²) in [5, 5.41) is 0. The Hall–Kier alpha value is -2.84. The van der Waals surface area contributed by atoms with Crippen LogP contribution in [0.5, 0.6) is 5.75 Å². The Morgan fingerprint density at radius 2 is 1.40 bits per heavy atom. The fourth-order valence-corrected chi connectivity index (χ4v) is 2.80. The van der Waals surface area contributed by atoms with E-state index in [1.807, 2.05) is 30.3 Å². The van der Waals surface area contributed by atoms with Gasteiger partial charge in [0, 0.05) is 5.56 Å². The average Bonchev–Trinajstić information content (AvgIpc) is 3.51. The first kappa shape index (κ1) is 15.7.